The van der Waals surface area contributed by atoms with Crippen molar-refractivity contribution in [3.63, 3.8) is 0 Å². The zero-order valence-corrected chi connectivity index (χ0v) is 9.99. The molecule has 0 saturated heterocycles. The Hall–Kier alpha value is -0.440. The van der Waals surface area contributed by atoms with Crippen LogP contribution in [-0.4, -0.2) is 12.6 Å². The van der Waals surface area contributed by atoms with Gasteiger partial charge < -0.3 is 4.74 Å². The van der Waals surface area contributed by atoms with Crippen molar-refractivity contribution < 1.29 is 9.53 Å². The molecule has 1 aliphatic carbocycles. The van der Waals surface area contributed by atoms with Gasteiger partial charge in [0.05, 0.1) is 6.61 Å². The first-order valence-corrected chi connectivity index (χ1v) is 5.49. The number of allylic oxidation sites excluding steroid dienone is 1. The molecule has 0 heterocycles. The first-order chi connectivity index (χ1) is 6.46. The summed E-state index contributed by atoms with van der Waals surface area (Å²) >= 11 is 4.35. The minimum atomic E-state index is -0.190. The molecule has 14 heavy (non-hydrogen) atoms. The van der Waals surface area contributed by atoms with Gasteiger partial charge in [0, 0.05) is 5.57 Å². The van der Waals surface area contributed by atoms with Crippen LogP contribution in [0, 0.1) is 5.41 Å². The normalized spacial score (nSPS) is 20.9. The fourth-order valence-corrected chi connectivity index (χ4v) is 1.97. The quantitative estimate of drug-likeness (QED) is 0.565. The third-order valence-corrected chi connectivity index (χ3v) is 3.06. The molecular formula is C11H18O2S. The maximum absolute atomic E-state index is 11.6. The number of hydrogen-bond acceptors (Lipinski definition) is 3. The summed E-state index contributed by atoms with van der Waals surface area (Å²) in [6, 6.07) is 0. The molecule has 0 radical (unpaired) electrons. The van der Waals surface area contributed by atoms with Gasteiger partial charge in [0.2, 0.25) is 0 Å². The lowest BCUT2D eigenvalue weighted by Gasteiger charge is -2.30. The highest BCUT2D eigenvalue weighted by Crippen LogP contribution is 2.40. The molecule has 0 aliphatic heterocycles. The minimum Gasteiger partial charge on any atom is -0.463 e. The fraction of sp³-hybridized carbons (Fsp3) is 0.727. The average Bonchev–Trinajstić information content (AvgIpc) is 2.10. The van der Waals surface area contributed by atoms with Crippen LogP contribution in [0.3, 0.4) is 0 Å². The number of carbonyl (C=O) groups excluding carboxylic acids is 1. The van der Waals surface area contributed by atoms with Crippen molar-refractivity contribution in [2.45, 2.75) is 40.0 Å². The van der Waals surface area contributed by atoms with E-state index in [4.69, 9.17) is 4.74 Å². The van der Waals surface area contributed by atoms with Crippen LogP contribution in [0.15, 0.2) is 10.5 Å². The highest BCUT2D eigenvalue weighted by molar-refractivity contribution is 7.84. The smallest absolute Gasteiger partial charge is 0.334 e. The molecule has 0 aromatic carbocycles. The topological polar surface area (TPSA) is 26.3 Å². The molecular weight excluding hydrogens is 196 g/mol. The van der Waals surface area contributed by atoms with E-state index in [0.29, 0.717) is 6.61 Å². The summed E-state index contributed by atoms with van der Waals surface area (Å²) in [7, 11) is 0. The Morgan fingerprint density at radius 3 is 2.79 bits per heavy atom. The van der Waals surface area contributed by atoms with E-state index in [1.165, 1.54) is 0 Å². The van der Waals surface area contributed by atoms with Crippen molar-refractivity contribution in [1.29, 1.82) is 0 Å². The second-order valence-corrected chi connectivity index (χ2v) is 5.03. The van der Waals surface area contributed by atoms with Gasteiger partial charge in [-0.3, -0.25) is 0 Å². The predicted molar refractivity (Wildman–Crippen MR) is 60.3 cm³/mol. The van der Waals surface area contributed by atoms with Gasteiger partial charge in [0.1, 0.15) is 0 Å². The molecule has 1 rings (SSSR count). The lowest BCUT2D eigenvalue weighted by molar-refractivity contribution is -0.139. The van der Waals surface area contributed by atoms with E-state index >= 15 is 0 Å². The van der Waals surface area contributed by atoms with E-state index < -0.39 is 0 Å². The van der Waals surface area contributed by atoms with Gasteiger partial charge in [-0.25, -0.2) is 4.79 Å². The molecule has 0 spiro atoms. The van der Waals surface area contributed by atoms with Crippen LogP contribution in [0.5, 0.6) is 0 Å². The Morgan fingerprint density at radius 2 is 2.21 bits per heavy atom. The zero-order chi connectivity index (χ0) is 10.8. The van der Waals surface area contributed by atoms with Gasteiger partial charge in [-0.15, -0.1) is 12.6 Å². The SMILES string of the molecule is CCOC(=O)C1=C(S)CCC(C)(C)C1. The largest absolute Gasteiger partial charge is 0.463 e. The van der Waals surface area contributed by atoms with Gasteiger partial charge >= 0.3 is 5.97 Å². The van der Waals surface area contributed by atoms with Crippen molar-refractivity contribution in [3.05, 3.63) is 10.5 Å². The Morgan fingerprint density at radius 1 is 1.57 bits per heavy atom. The van der Waals surface area contributed by atoms with Crippen molar-refractivity contribution in [3.8, 4) is 0 Å². The minimum absolute atomic E-state index is 0.190. The van der Waals surface area contributed by atoms with Gasteiger partial charge in [-0.05, 0) is 36.5 Å². The maximum atomic E-state index is 11.6. The molecule has 2 nitrogen and oxygen atoms in total. The molecule has 0 amide bonds. The number of carbonyl (C=O) groups is 1. The van der Waals surface area contributed by atoms with Gasteiger partial charge in [0.15, 0.2) is 0 Å². The van der Waals surface area contributed by atoms with Gasteiger partial charge in [-0.2, -0.15) is 0 Å². The molecule has 0 saturated carbocycles. The van der Waals surface area contributed by atoms with E-state index in [0.717, 1.165) is 29.7 Å². The van der Waals surface area contributed by atoms with Crippen molar-refractivity contribution in [2.75, 3.05) is 6.61 Å². The summed E-state index contributed by atoms with van der Waals surface area (Å²) in [4.78, 5) is 12.5. The van der Waals surface area contributed by atoms with Crippen molar-refractivity contribution in [1.82, 2.24) is 0 Å². The summed E-state index contributed by atoms with van der Waals surface area (Å²) in [6.45, 7) is 6.60. The number of ether oxygens (including phenoxy) is 1. The Balaban J connectivity index is 2.79. The predicted octanol–water partition coefficient (Wildman–Crippen LogP) is 2.94. The maximum Gasteiger partial charge on any atom is 0.334 e. The molecule has 0 aromatic heterocycles. The van der Waals surface area contributed by atoms with Crippen LogP contribution in [0.1, 0.15) is 40.0 Å². The molecule has 0 bridgehead atoms. The summed E-state index contributed by atoms with van der Waals surface area (Å²) < 4.78 is 5.00. The summed E-state index contributed by atoms with van der Waals surface area (Å²) in [5, 5.41) is 0. The number of esters is 1. The lowest BCUT2D eigenvalue weighted by Crippen LogP contribution is -2.22. The van der Waals surface area contributed by atoms with E-state index in [-0.39, 0.29) is 11.4 Å². The lowest BCUT2D eigenvalue weighted by atomic mass is 9.77. The van der Waals surface area contributed by atoms with Crippen LogP contribution < -0.4 is 0 Å². The first-order valence-electron chi connectivity index (χ1n) is 5.04. The van der Waals surface area contributed by atoms with Crippen LogP contribution in [-0.2, 0) is 9.53 Å². The highest BCUT2D eigenvalue weighted by Gasteiger charge is 2.29. The Labute approximate surface area is 91.1 Å². The Kier molecular flexibility index (Phi) is 3.65. The van der Waals surface area contributed by atoms with E-state index in [1.54, 1.807) is 0 Å². The van der Waals surface area contributed by atoms with Crippen LogP contribution in [0.25, 0.3) is 0 Å². The highest BCUT2D eigenvalue weighted by atomic mass is 32.1. The van der Waals surface area contributed by atoms with Gasteiger partial charge in [-0.1, -0.05) is 13.8 Å². The van der Waals surface area contributed by atoms with Gasteiger partial charge in [0.25, 0.3) is 0 Å². The molecule has 80 valence electrons. The fourth-order valence-electron chi connectivity index (χ4n) is 1.68. The number of thiol groups is 1. The van der Waals surface area contributed by atoms with E-state index in [9.17, 15) is 4.79 Å². The van der Waals surface area contributed by atoms with Crippen LogP contribution >= 0.6 is 12.6 Å². The zero-order valence-electron chi connectivity index (χ0n) is 9.09. The van der Waals surface area contributed by atoms with Crippen LogP contribution in [0.4, 0.5) is 0 Å². The molecule has 0 aromatic rings. The first kappa shape index (κ1) is 11.6. The summed E-state index contributed by atoms with van der Waals surface area (Å²) in [5.74, 6) is -0.190. The molecule has 0 unspecified atom stereocenters. The monoisotopic (exact) mass is 214 g/mol. The third-order valence-electron chi connectivity index (χ3n) is 2.56. The number of rotatable bonds is 2. The van der Waals surface area contributed by atoms with Crippen molar-refractivity contribution >= 4 is 18.6 Å². The second-order valence-electron chi connectivity index (χ2n) is 4.49. The molecule has 0 atom stereocenters. The Bertz CT molecular complexity index is 266. The standard InChI is InChI=1S/C11H18O2S/c1-4-13-10(12)8-7-11(2,3)6-5-9(8)14/h14H,4-7H2,1-3H3. The summed E-state index contributed by atoms with van der Waals surface area (Å²) in [5.41, 5.74) is 0.973. The van der Waals surface area contributed by atoms with E-state index in [1.807, 2.05) is 6.92 Å². The molecule has 1 aliphatic rings. The number of hydrogen-bond donors (Lipinski definition) is 1. The second kappa shape index (κ2) is 4.39. The summed E-state index contributed by atoms with van der Waals surface area (Å²) in [6.07, 6.45) is 2.77. The molecule has 0 N–H and O–H groups in total. The van der Waals surface area contributed by atoms with Crippen LogP contribution in [0.2, 0.25) is 0 Å². The van der Waals surface area contributed by atoms with Crippen molar-refractivity contribution in [2.24, 2.45) is 5.41 Å². The molecule has 0 fully saturated rings. The third kappa shape index (κ3) is 2.77. The van der Waals surface area contributed by atoms with E-state index in [2.05, 4.69) is 26.5 Å². The average molecular weight is 214 g/mol. The molecule has 3 heteroatoms.